The van der Waals surface area contributed by atoms with Gasteiger partial charge in [-0.25, -0.2) is 9.59 Å². The maximum absolute atomic E-state index is 12.0. The van der Waals surface area contributed by atoms with Gasteiger partial charge in [0.05, 0.1) is 0 Å². The van der Waals surface area contributed by atoms with Crippen molar-refractivity contribution in [2.45, 2.75) is 42.6 Å². The quantitative estimate of drug-likeness (QED) is 0.148. The number of nitrogens with zero attached hydrogens (tertiary/aromatic N) is 1. The SMILES string of the molecule is CCC(CCCC(N(C(=O)O)C(=O)O)(P(=O)(O)O)P(=O)(O)O)C(N)(P(=O)(O)O)P(=O)(O)O. The van der Waals surface area contributed by atoms with Gasteiger partial charge in [0.25, 0.3) is 5.02 Å². The molecule has 0 bridgehead atoms. The molecule has 18 nitrogen and oxygen atoms in total. The van der Waals surface area contributed by atoms with Gasteiger partial charge < -0.3 is 55.1 Å². The van der Waals surface area contributed by atoms with Gasteiger partial charge in [0.1, 0.15) is 0 Å². The molecule has 0 aliphatic rings. The van der Waals surface area contributed by atoms with E-state index in [0.717, 1.165) is 6.92 Å². The van der Waals surface area contributed by atoms with E-state index >= 15 is 0 Å². The average molecular weight is 552 g/mol. The van der Waals surface area contributed by atoms with Crippen molar-refractivity contribution in [3.8, 4) is 0 Å². The third kappa shape index (κ3) is 5.68. The van der Waals surface area contributed by atoms with Gasteiger partial charge in [0.15, 0.2) is 0 Å². The Labute approximate surface area is 179 Å². The molecule has 32 heavy (non-hydrogen) atoms. The first kappa shape index (κ1) is 31.3. The third-order valence-electron chi connectivity index (χ3n) is 4.77. The molecule has 0 aliphatic heterocycles. The molecule has 0 heterocycles. The summed E-state index contributed by atoms with van der Waals surface area (Å²) in [5, 5.41) is 10.4. The Morgan fingerprint density at radius 2 is 1.16 bits per heavy atom. The molecule has 0 aromatic heterocycles. The lowest BCUT2D eigenvalue weighted by atomic mass is 9.98. The van der Waals surface area contributed by atoms with Crippen molar-refractivity contribution in [2.24, 2.45) is 11.7 Å². The van der Waals surface area contributed by atoms with Crippen LogP contribution in [0.3, 0.4) is 0 Å². The lowest BCUT2D eigenvalue weighted by Crippen LogP contribution is -2.53. The lowest BCUT2D eigenvalue weighted by molar-refractivity contribution is 0.0932. The van der Waals surface area contributed by atoms with Crippen LogP contribution in [0.4, 0.5) is 9.59 Å². The van der Waals surface area contributed by atoms with E-state index in [2.05, 4.69) is 0 Å². The first-order valence-corrected chi connectivity index (χ1v) is 14.7. The molecule has 2 amide bonds. The fourth-order valence-electron chi connectivity index (χ4n) is 3.17. The highest BCUT2D eigenvalue weighted by Crippen LogP contribution is 2.73. The Kier molecular flexibility index (Phi) is 9.67. The smallest absolute Gasteiger partial charge is 0.418 e. The van der Waals surface area contributed by atoms with Crippen LogP contribution in [0, 0.1) is 5.92 Å². The van der Waals surface area contributed by atoms with Crippen LogP contribution in [-0.4, -0.2) is 76.5 Å². The van der Waals surface area contributed by atoms with Gasteiger partial charge in [-0.1, -0.05) is 13.3 Å². The second-order valence-corrected chi connectivity index (χ2v) is 14.6. The molecule has 12 N–H and O–H groups in total. The lowest BCUT2D eigenvalue weighted by Gasteiger charge is -2.40. The summed E-state index contributed by atoms with van der Waals surface area (Å²) in [4.78, 5) is 97.2. The zero-order chi connectivity index (χ0) is 26.1. The molecule has 22 heteroatoms. The summed E-state index contributed by atoms with van der Waals surface area (Å²) in [7, 11) is -24.1. The molecule has 0 aliphatic carbocycles. The summed E-state index contributed by atoms with van der Waals surface area (Å²) in [6.07, 6.45) is -9.21. The van der Waals surface area contributed by atoms with Gasteiger partial charge in [0, 0.05) is 5.92 Å². The number of hydrogen-bond donors (Lipinski definition) is 11. The van der Waals surface area contributed by atoms with E-state index in [1.54, 1.807) is 0 Å². The van der Waals surface area contributed by atoms with Gasteiger partial charge in [-0.3, -0.25) is 18.3 Å². The number of rotatable bonds is 11. The minimum absolute atomic E-state index is 0.465. The van der Waals surface area contributed by atoms with E-state index in [1.165, 1.54) is 0 Å². The molecule has 0 radical (unpaired) electrons. The van der Waals surface area contributed by atoms with Crippen LogP contribution >= 0.6 is 30.4 Å². The van der Waals surface area contributed by atoms with Crippen molar-refractivity contribution < 1.29 is 77.2 Å². The van der Waals surface area contributed by atoms with Crippen molar-refractivity contribution in [1.29, 1.82) is 0 Å². The van der Waals surface area contributed by atoms with Crippen LogP contribution in [-0.2, 0) is 18.3 Å². The van der Waals surface area contributed by atoms with Crippen LogP contribution in [0.2, 0.25) is 0 Å². The van der Waals surface area contributed by atoms with Gasteiger partial charge in [-0.05, 0) is 19.3 Å². The summed E-state index contributed by atoms with van der Waals surface area (Å²) in [5.41, 5.74) is 5.35. The molecule has 190 valence electrons. The maximum Gasteiger partial charge on any atom is 0.418 e. The van der Waals surface area contributed by atoms with Crippen LogP contribution in [0.5, 0.6) is 0 Å². The topological polar surface area (TPSA) is 334 Å². The number of carbonyl (C=O) groups is 2. The summed E-state index contributed by atoms with van der Waals surface area (Å²) in [6, 6.07) is 0. The van der Waals surface area contributed by atoms with Gasteiger partial charge in [0.2, 0.25) is 5.02 Å². The van der Waals surface area contributed by atoms with E-state index in [1.807, 2.05) is 0 Å². The van der Waals surface area contributed by atoms with E-state index in [-0.39, 0.29) is 0 Å². The van der Waals surface area contributed by atoms with Crippen LogP contribution in [0.1, 0.15) is 32.6 Å². The Morgan fingerprint density at radius 3 is 1.38 bits per heavy atom. The van der Waals surface area contributed by atoms with E-state index in [0.29, 0.717) is 0 Å². The Bertz CT molecular complexity index is 854. The molecule has 0 aromatic carbocycles. The van der Waals surface area contributed by atoms with Crippen molar-refractivity contribution in [2.75, 3.05) is 0 Å². The summed E-state index contributed by atoms with van der Waals surface area (Å²) in [6.45, 7) is 1.16. The summed E-state index contributed by atoms with van der Waals surface area (Å²) >= 11 is 0. The van der Waals surface area contributed by atoms with Crippen LogP contribution in [0.25, 0.3) is 0 Å². The van der Waals surface area contributed by atoms with Gasteiger partial charge in [-0.15, -0.1) is 0 Å². The molecular weight excluding hydrogens is 528 g/mol. The first-order chi connectivity index (χ1) is 13.9. The Hall–Kier alpha value is -0.700. The minimum Gasteiger partial charge on any atom is -0.464 e. The fourth-order valence-corrected chi connectivity index (χ4v) is 9.22. The monoisotopic (exact) mass is 552 g/mol. The van der Waals surface area contributed by atoms with Gasteiger partial charge >= 0.3 is 42.6 Å². The van der Waals surface area contributed by atoms with Crippen molar-refractivity contribution in [3.63, 3.8) is 0 Å². The van der Waals surface area contributed by atoms with Crippen molar-refractivity contribution >= 4 is 42.6 Å². The van der Waals surface area contributed by atoms with Crippen LogP contribution in [0.15, 0.2) is 0 Å². The summed E-state index contributed by atoms with van der Waals surface area (Å²) < 4.78 is 47.4. The van der Waals surface area contributed by atoms with Crippen molar-refractivity contribution in [3.05, 3.63) is 0 Å². The number of amides is 2. The Balaban J connectivity index is 6.54. The number of nitrogens with two attached hydrogens (primary N) is 1. The molecule has 0 fully saturated rings. The average Bonchev–Trinajstić information content (AvgIpc) is 2.51. The molecule has 0 saturated heterocycles. The molecule has 0 saturated carbocycles. The highest BCUT2D eigenvalue weighted by Gasteiger charge is 2.68. The number of imide groups is 1. The molecular formula is C10H24N2O16P4. The highest BCUT2D eigenvalue weighted by atomic mass is 31.2. The second-order valence-electron chi connectivity index (χ2n) is 6.63. The molecule has 0 rings (SSSR count). The fraction of sp³-hybridized carbons (Fsp3) is 0.800. The van der Waals surface area contributed by atoms with E-state index in [9.17, 15) is 67.0 Å². The third-order valence-corrected chi connectivity index (χ3v) is 13.2. The van der Waals surface area contributed by atoms with Crippen LogP contribution < -0.4 is 5.73 Å². The van der Waals surface area contributed by atoms with E-state index in [4.69, 9.17) is 15.9 Å². The number of hydrogen-bond acceptors (Lipinski definition) is 7. The Morgan fingerprint density at radius 1 is 0.812 bits per heavy atom. The minimum atomic E-state index is -6.30. The molecule has 0 aromatic rings. The maximum atomic E-state index is 12.0. The predicted molar refractivity (Wildman–Crippen MR) is 103 cm³/mol. The number of carboxylic acid groups (broad SMARTS) is 2. The van der Waals surface area contributed by atoms with E-state index < -0.39 is 89.1 Å². The van der Waals surface area contributed by atoms with Gasteiger partial charge in [-0.2, -0.15) is 4.90 Å². The zero-order valence-corrected chi connectivity index (χ0v) is 19.7. The summed E-state index contributed by atoms with van der Waals surface area (Å²) in [5.74, 6) is -1.82. The highest BCUT2D eigenvalue weighted by molar-refractivity contribution is 7.72. The van der Waals surface area contributed by atoms with Crippen molar-refractivity contribution in [1.82, 2.24) is 4.90 Å². The normalized spacial score (nSPS) is 15.3. The first-order valence-electron chi connectivity index (χ1n) is 8.21. The largest absolute Gasteiger partial charge is 0.464 e. The zero-order valence-electron chi connectivity index (χ0n) is 16.1. The standard InChI is InChI=1S/C10H24N2O16P4/c1-2-6(10(11,31(23,24)25)32(26,27)28)4-3-5-9(29(17,18)19,30(20,21)22)12(7(13)14)8(15)16/h6H,2-5,11H2,1H3,(H,13,14)(H,15,16)(H2,17,18,19)(H2,20,21,22)(H2,23,24,25)(H2,26,27,28). The molecule has 1 unspecified atom stereocenters. The predicted octanol–water partition coefficient (Wildman–Crippen LogP) is -0.182. The molecule has 1 atom stereocenters. The molecule has 0 spiro atoms. The second kappa shape index (κ2) is 9.88.